The number of nitrogens with zero attached hydrogens (tertiary/aromatic N) is 2. The van der Waals surface area contributed by atoms with Crippen LogP contribution in [-0.4, -0.2) is 42.6 Å². The van der Waals surface area contributed by atoms with Crippen LogP contribution in [0.4, 0.5) is 10.1 Å². The summed E-state index contributed by atoms with van der Waals surface area (Å²) in [6.07, 6.45) is 0.979. The standard InChI is InChI=1S/C19H21FN2O5S/c20-18-14-16(22(23)24)6-7-19(18)27-17-8-11-21(12-9-17)28(25,26)13-10-15-4-2-1-3-5-15/h1-7,14,17H,8-13H2. The van der Waals surface area contributed by atoms with E-state index < -0.39 is 20.8 Å². The Labute approximate surface area is 162 Å². The van der Waals surface area contributed by atoms with Crippen LogP contribution in [0.3, 0.4) is 0 Å². The number of aryl methyl sites for hydroxylation is 1. The Bertz CT molecular complexity index is 929. The zero-order valence-electron chi connectivity index (χ0n) is 15.2. The average Bonchev–Trinajstić information content (AvgIpc) is 2.69. The molecular weight excluding hydrogens is 387 g/mol. The number of benzene rings is 2. The van der Waals surface area contributed by atoms with Crippen LogP contribution in [-0.2, 0) is 16.4 Å². The lowest BCUT2D eigenvalue weighted by Crippen LogP contribution is -2.43. The number of nitro groups is 1. The number of nitro benzene ring substituents is 1. The molecule has 1 fully saturated rings. The lowest BCUT2D eigenvalue weighted by atomic mass is 10.1. The Morgan fingerprint density at radius 1 is 1.14 bits per heavy atom. The molecule has 1 heterocycles. The van der Waals surface area contributed by atoms with Crippen LogP contribution >= 0.6 is 0 Å². The number of hydrogen-bond donors (Lipinski definition) is 0. The maximum atomic E-state index is 14.0. The van der Waals surface area contributed by atoms with E-state index in [4.69, 9.17) is 4.74 Å². The third-order valence-electron chi connectivity index (χ3n) is 4.71. The molecule has 1 aliphatic rings. The molecule has 0 bridgehead atoms. The Balaban J connectivity index is 1.53. The maximum absolute atomic E-state index is 14.0. The number of rotatable bonds is 7. The van der Waals surface area contributed by atoms with E-state index >= 15 is 0 Å². The highest BCUT2D eigenvalue weighted by Gasteiger charge is 2.29. The van der Waals surface area contributed by atoms with Crippen LogP contribution in [0.5, 0.6) is 5.75 Å². The molecule has 150 valence electrons. The van der Waals surface area contributed by atoms with Crippen LogP contribution in [0, 0.1) is 15.9 Å². The van der Waals surface area contributed by atoms with E-state index in [1.165, 1.54) is 16.4 Å². The van der Waals surface area contributed by atoms with Crippen LogP contribution < -0.4 is 4.74 Å². The average molecular weight is 408 g/mol. The van der Waals surface area contributed by atoms with E-state index in [-0.39, 0.29) is 23.3 Å². The minimum absolute atomic E-state index is 0.0412. The second kappa shape index (κ2) is 8.66. The SMILES string of the molecule is O=[N+]([O-])c1ccc(OC2CCN(S(=O)(=O)CCc3ccccc3)CC2)c(F)c1. The molecule has 9 heteroatoms. The molecule has 1 saturated heterocycles. The lowest BCUT2D eigenvalue weighted by molar-refractivity contribution is -0.385. The molecule has 0 aliphatic carbocycles. The van der Waals surface area contributed by atoms with Crippen molar-refractivity contribution in [1.29, 1.82) is 0 Å². The van der Waals surface area contributed by atoms with E-state index in [1.807, 2.05) is 30.3 Å². The molecular formula is C19H21FN2O5S. The van der Waals surface area contributed by atoms with Gasteiger partial charge in [0.05, 0.1) is 16.7 Å². The normalized spacial score (nSPS) is 16.0. The third kappa shape index (κ3) is 5.05. The summed E-state index contributed by atoms with van der Waals surface area (Å²) in [6.45, 7) is 0.604. The van der Waals surface area contributed by atoms with Crippen LogP contribution in [0.1, 0.15) is 18.4 Å². The van der Waals surface area contributed by atoms with Gasteiger partial charge >= 0.3 is 0 Å². The van der Waals surface area contributed by atoms with Gasteiger partial charge in [0.25, 0.3) is 5.69 Å². The van der Waals surface area contributed by atoms with Crippen molar-refractivity contribution in [2.24, 2.45) is 0 Å². The highest BCUT2D eigenvalue weighted by molar-refractivity contribution is 7.89. The summed E-state index contributed by atoms with van der Waals surface area (Å²) in [5.74, 6) is -0.817. The quantitative estimate of drug-likeness (QED) is 0.519. The van der Waals surface area contributed by atoms with Gasteiger partial charge in [-0.2, -0.15) is 0 Å². The number of sulfonamides is 1. The van der Waals surface area contributed by atoms with Gasteiger partial charge in [0, 0.05) is 19.2 Å². The van der Waals surface area contributed by atoms with Crippen molar-refractivity contribution in [3.63, 3.8) is 0 Å². The number of hydrogen-bond acceptors (Lipinski definition) is 5. The summed E-state index contributed by atoms with van der Waals surface area (Å²) in [6, 6.07) is 12.7. The molecule has 0 saturated carbocycles. The fraction of sp³-hybridized carbons (Fsp3) is 0.368. The molecule has 0 aromatic heterocycles. The molecule has 0 spiro atoms. The molecule has 28 heavy (non-hydrogen) atoms. The van der Waals surface area contributed by atoms with Gasteiger partial charge in [0.15, 0.2) is 11.6 Å². The van der Waals surface area contributed by atoms with Crippen molar-refractivity contribution in [3.05, 3.63) is 70.0 Å². The second-order valence-corrected chi connectivity index (χ2v) is 8.73. The molecule has 0 radical (unpaired) electrons. The maximum Gasteiger partial charge on any atom is 0.272 e. The first-order chi connectivity index (χ1) is 13.3. The van der Waals surface area contributed by atoms with Gasteiger partial charge in [0.1, 0.15) is 6.10 Å². The Morgan fingerprint density at radius 2 is 1.82 bits per heavy atom. The molecule has 7 nitrogen and oxygen atoms in total. The minimum atomic E-state index is -3.37. The number of piperidine rings is 1. The smallest absolute Gasteiger partial charge is 0.272 e. The van der Waals surface area contributed by atoms with Gasteiger partial charge in [-0.3, -0.25) is 10.1 Å². The second-order valence-electron chi connectivity index (χ2n) is 6.64. The summed E-state index contributed by atoms with van der Waals surface area (Å²) in [5.41, 5.74) is 0.627. The highest BCUT2D eigenvalue weighted by atomic mass is 32.2. The topological polar surface area (TPSA) is 89.8 Å². The van der Waals surface area contributed by atoms with E-state index in [2.05, 4.69) is 0 Å². The Kier molecular flexibility index (Phi) is 6.25. The molecule has 2 aromatic rings. The summed E-state index contributed by atoms with van der Waals surface area (Å²) >= 11 is 0. The number of ether oxygens (including phenoxy) is 1. The first-order valence-corrected chi connectivity index (χ1v) is 10.6. The summed E-state index contributed by atoms with van der Waals surface area (Å²) in [7, 11) is -3.37. The van der Waals surface area contributed by atoms with Gasteiger partial charge in [-0.1, -0.05) is 30.3 Å². The van der Waals surface area contributed by atoms with Gasteiger partial charge in [-0.15, -0.1) is 0 Å². The lowest BCUT2D eigenvalue weighted by Gasteiger charge is -2.31. The molecule has 0 N–H and O–H groups in total. The zero-order valence-corrected chi connectivity index (χ0v) is 16.0. The minimum Gasteiger partial charge on any atom is -0.487 e. The van der Waals surface area contributed by atoms with Crippen molar-refractivity contribution in [3.8, 4) is 5.75 Å². The van der Waals surface area contributed by atoms with Crippen LogP contribution in [0.15, 0.2) is 48.5 Å². The van der Waals surface area contributed by atoms with Crippen molar-refractivity contribution in [2.75, 3.05) is 18.8 Å². The summed E-state index contributed by atoms with van der Waals surface area (Å²) in [5, 5.41) is 10.7. The predicted octanol–water partition coefficient (Wildman–Crippen LogP) is 3.15. The Morgan fingerprint density at radius 3 is 2.43 bits per heavy atom. The van der Waals surface area contributed by atoms with E-state index in [1.54, 1.807) is 0 Å². The van der Waals surface area contributed by atoms with Gasteiger partial charge in [0.2, 0.25) is 10.0 Å². The first kappa shape index (κ1) is 20.2. The monoisotopic (exact) mass is 408 g/mol. The largest absolute Gasteiger partial charge is 0.487 e. The summed E-state index contributed by atoms with van der Waals surface area (Å²) in [4.78, 5) is 9.99. The van der Waals surface area contributed by atoms with E-state index in [0.717, 1.165) is 11.6 Å². The predicted molar refractivity (Wildman–Crippen MR) is 102 cm³/mol. The molecule has 3 rings (SSSR count). The third-order valence-corrected chi connectivity index (χ3v) is 6.58. The Hall–Kier alpha value is -2.52. The van der Waals surface area contributed by atoms with Gasteiger partial charge < -0.3 is 4.74 Å². The summed E-state index contributed by atoms with van der Waals surface area (Å²) < 4.78 is 46.1. The fourth-order valence-electron chi connectivity index (χ4n) is 3.13. The van der Waals surface area contributed by atoms with Crippen LogP contribution in [0.2, 0.25) is 0 Å². The molecule has 0 unspecified atom stereocenters. The number of non-ortho nitro benzene ring substituents is 1. The molecule has 1 aliphatic heterocycles. The van der Waals surface area contributed by atoms with Crippen molar-refractivity contribution in [2.45, 2.75) is 25.4 Å². The molecule has 2 aromatic carbocycles. The van der Waals surface area contributed by atoms with E-state index in [9.17, 15) is 22.9 Å². The first-order valence-electron chi connectivity index (χ1n) is 8.97. The fourth-order valence-corrected chi connectivity index (χ4v) is 4.65. The van der Waals surface area contributed by atoms with Crippen molar-refractivity contribution >= 4 is 15.7 Å². The molecule has 0 atom stereocenters. The van der Waals surface area contributed by atoms with E-state index in [0.29, 0.717) is 32.4 Å². The van der Waals surface area contributed by atoms with Gasteiger partial charge in [-0.05, 0) is 30.9 Å². The molecule has 0 amide bonds. The van der Waals surface area contributed by atoms with Crippen LogP contribution in [0.25, 0.3) is 0 Å². The zero-order chi connectivity index (χ0) is 20.1. The van der Waals surface area contributed by atoms with Gasteiger partial charge in [-0.25, -0.2) is 17.1 Å². The van der Waals surface area contributed by atoms with Crippen molar-refractivity contribution in [1.82, 2.24) is 4.31 Å². The number of halogens is 1. The van der Waals surface area contributed by atoms with Crippen molar-refractivity contribution < 1.29 is 22.5 Å². The highest BCUT2D eigenvalue weighted by Crippen LogP contribution is 2.26.